The van der Waals surface area contributed by atoms with Gasteiger partial charge >= 0.3 is 6.03 Å². The summed E-state index contributed by atoms with van der Waals surface area (Å²) in [5, 5.41) is 42.5. The number of carbonyl (C=O) groups excluding carboxylic acids is 3. The number of nitriles is 1. The van der Waals surface area contributed by atoms with E-state index in [4.69, 9.17) is 5.26 Å². The second kappa shape index (κ2) is 41.5. The number of aryl methyl sites for hydroxylation is 4. The van der Waals surface area contributed by atoms with E-state index in [0.29, 0.717) is 42.5 Å². The van der Waals surface area contributed by atoms with Crippen molar-refractivity contribution >= 4 is 117 Å². The molecule has 0 radical (unpaired) electrons. The molecule has 4 aromatic carbocycles. The van der Waals surface area contributed by atoms with E-state index < -0.39 is 0 Å². The first kappa shape index (κ1) is 86.8. The van der Waals surface area contributed by atoms with Crippen LogP contribution in [0.1, 0.15) is 159 Å². The maximum Gasteiger partial charge on any atom is 0.315 e. The number of urea groups is 1. The lowest BCUT2D eigenvalue weighted by Crippen LogP contribution is -2.43. The number of pyridine rings is 1. The van der Waals surface area contributed by atoms with Gasteiger partial charge in [-0.25, -0.2) is 64.6 Å². The summed E-state index contributed by atoms with van der Waals surface area (Å²) in [5.74, 6) is 6.62. The smallest absolute Gasteiger partial charge is 0.315 e. The molecule has 6 N–H and O–H groups in total. The Morgan fingerprint density at radius 2 is 1.02 bits per heavy atom. The van der Waals surface area contributed by atoms with Gasteiger partial charge in [0.25, 0.3) is 11.8 Å². The minimum Gasteiger partial charge on any atom is -0.365 e. The Labute approximate surface area is 766 Å². The number of hydrogen-bond acceptors (Lipinski definition) is 27. The van der Waals surface area contributed by atoms with E-state index >= 15 is 0 Å². The Balaban J connectivity index is 0.000000105. The SMILES string of the molecule is CC(Nc1ncnc2sccc12)c1ccccn1.Cn1nccc1C(=O)N1CCC(Nc2ncnc3c2CCC3)C1.N#Cc1ccc(C(=O)N2CCC(Nc3ncnc4c3CCC4)C2)cc1.O=C(NCc1ccccc1)NC1CCN(c2ncnc3c2CCC3)C1.c1ccc(C(Nc2ncnc3sccc23)C2CC2)cc1.c1ccc2c(c1)CCN(c1ncnc3sccc13)C2. The summed E-state index contributed by atoms with van der Waals surface area (Å²) in [5.41, 5.74) is 15.5. The zero-order valence-electron chi connectivity index (χ0n) is 72.6. The van der Waals surface area contributed by atoms with Gasteiger partial charge in [0, 0.05) is 136 Å². The van der Waals surface area contributed by atoms with Gasteiger partial charge in [0.1, 0.15) is 93.1 Å². The Bertz CT molecular complexity index is 6430. The zero-order valence-corrected chi connectivity index (χ0v) is 75.1. The molecule has 1 saturated carbocycles. The van der Waals surface area contributed by atoms with E-state index in [0.717, 1.165) is 199 Å². The predicted octanol–water partition coefficient (Wildman–Crippen LogP) is 16.0. The fourth-order valence-electron chi connectivity index (χ4n) is 17.9. The third-order valence-corrected chi connectivity index (χ3v) is 27.3. The molecule has 5 unspecified atom stereocenters. The van der Waals surface area contributed by atoms with Crippen molar-refractivity contribution in [1.82, 2.24) is 95.0 Å². The highest BCUT2D eigenvalue weighted by Crippen LogP contribution is 2.44. The summed E-state index contributed by atoms with van der Waals surface area (Å²) < 4.78 is 1.63. The van der Waals surface area contributed by atoms with Crippen molar-refractivity contribution < 1.29 is 14.4 Å². The number of fused-ring (bicyclic) bond motifs is 7. The molecular formula is C98H102N26O3S3. The molecule has 4 fully saturated rings. The standard InChI is InChI=1S/C19H19N5O.C19H23N5O.C16H20N6O.C16H15N3S.C15H13N3S.C13H12N4S/c20-10-13-4-6-14(7-5-13)19(25)24-9-8-15(11-24)23-18-16-2-1-3-17(16)21-12-22-18;25-19(20-11-14-5-2-1-3-6-14)23-15-9-10-24(12-15)18-16-7-4-8-17(16)21-13-22-18;1-21-14(5-7-19-21)16(23)22-8-6-11(9-22)20-15-12-3-2-4-13(12)17-10-18-15;1-2-4-11(5-3-1)14(12-6-7-12)19-15-13-8-9-20-16(13)18-10-17-15;1-2-4-12-9-18(7-5-11(12)3-1)14-13-6-8-19-15(13)17-10-16-14;1-9(11-4-2-3-6-14-11)17-12-10-5-7-18-13(10)16-8-15-12/h4-7,12,15H,1-3,8-9,11H2,(H,21,22,23);1-3,5-6,13,15H,4,7-12H2,(H2,20,23,25);5,7,10-11H,2-4,6,8-9H2,1H3,(H,17,18,20);1-5,8-10,12,14H,6-7H2,(H,17,18,19);1-4,6,8,10H,5,7,9H2;2-9H,1H3,(H,15,16,17). The number of carbonyl (C=O) groups is 3. The Kier molecular flexibility index (Phi) is 27.7. The molecule has 32 heteroatoms. The van der Waals surface area contributed by atoms with Gasteiger partial charge in [-0.05, 0) is 208 Å². The minimum atomic E-state index is -0.108. The van der Waals surface area contributed by atoms with E-state index in [9.17, 15) is 14.4 Å². The molecule has 0 spiro atoms. The van der Waals surface area contributed by atoms with Crippen LogP contribution in [-0.2, 0) is 65.1 Å². The van der Waals surface area contributed by atoms with Gasteiger partial charge < -0.3 is 51.5 Å². The molecular weight excluding hydrogens is 1690 g/mol. The molecule has 23 rings (SSSR count). The van der Waals surface area contributed by atoms with Crippen LogP contribution < -0.4 is 41.7 Å². The average Bonchev–Trinajstić information content (AvgIpc) is 1.48. The molecule has 8 aliphatic rings. The minimum absolute atomic E-state index is 0.0155. The van der Waals surface area contributed by atoms with Crippen molar-refractivity contribution in [3.8, 4) is 6.07 Å². The third kappa shape index (κ3) is 21.1. The van der Waals surface area contributed by atoms with Crippen LogP contribution in [0.15, 0.2) is 218 Å². The Morgan fingerprint density at radius 3 is 1.64 bits per heavy atom. The van der Waals surface area contributed by atoms with Gasteiger partial charge in [-0.2, -0.15) is 10.4 Å². The highest BCUT2D eigenvalue weighted by molar-refractivity contribution is 7.17. The Morgan fingerprint density at radius 1 is 0.469 bits per heavy atom. The van der Waals surface area contributed by atoms with Crippen molar-refractivity contribution in [3.63, 3.8) is 0 Å². The molecule has 15 aromatic rings. The summed E-state index contributed by atoms with van der Waals surface area (Å²) in [6.45, 7) is 9.16. The third-order valence-electron chi connectivity index (χ3n) is 24.9. The van der Waals surface area contributed by atoms with Crippen LogP contribution in [0.25, 0.3) is 30.6 Å². The molecule has 3 saturated heterocycles. The first-order valence-corrected chi connectivity index (χ1v) is 47.3. The van der Waals surface area contributed by atoms with Crippen molar-refractivity contribution in [1.29, 1.82) is 5.26 Å². The first-order valence-electron chi connectivity index (χ1n) is 44.7. The van der Waals surface area contributed by atoms with Gasteiger partial charge in [-0.1, -0.05) is 91.0 Å². The first-order chi connectivity index (χ1) is 63.9. The van der Waals surface area contributed by atoms with Crippen molar-refractivity contribution in [3.05, 3.63) is 297 Å². The van der Waals surface area contributed by atoms with Crippen molar-refractivity contribution in [2.75, 3.05) is 76.9 Å². The zero-order chi connectivity index (χ0) is 88.5. The van der Waals surface area contributed by atoms with Crippen LogP contribution in [0, 0.1) is 17.2 Å². The number of thiophene rings is 3. The summed E-state index contributed by atoms with van der Waals surface area (Å²) >= 11 is 4.95. The highest BCUT2D eigenvalue weighted by Gasteiger charge is 2.35. The average molecular weight is 1790 g/mol. The number of anilines is 6. The molecule has 5 atom stereocenters. The molecule has 660 valence electrons. The predicted molar refractivity (Wildman–Crippen MR) is 510 cm³/mol. The molecule has 130 heavy (non-hydrogen) atoms. The number of rotatable bonds is 18. The summed E-state index contributed by atoms with van der Waals surface area (Å²) in [6, 6.07) is 53.1. The van der Waals surface area contributed by atoms with Crippen LogP contribution in [0.5, 0.6) is 0 Å². The number of amides is 4. The fourth-order valence-corrected chi connectivity index (χ4v) is 20.1. The summed E-state index contributed by atoms with van der Waals surface area (Å²) in [4.78, 5) is 106. The normalized spacial score (nSPS) is 17.1. The number of benzene rings is 4. The number of aromatic nitrogens is 15. The molecule has 0 bridgehead atoms. The molecule has 4 amide bonds. The largest absolute Gasteiger partial charge is 0.365 e. The van der Waals surface area contributed by atoms with Gasteiger partial charge in [-0.15, -0.1) is 34.0 Å². The maximum absolute atomic E-state index is 12.6. The molecule has 15 heterocycles. The van der Waals surface area contributed by atoms with Crippen LogP contribution in [-0.4, -0.2) is 166 Å². The number of nitrogens with one attached hydrogen (secondary N) is 6. The lowest BCUT2D eigenvalue weighted by molar-refractivity contribution is 0.0777. The highest BCUT2D eigenvalue weighted by atomic mass is 32.1. The van der Waals surface area contributed by atoms with Gasteiger partial charge in [0.05, 0.1) is 45.6 Å². The van der Waals surface area contributed by atoms with Gasteiger partial charge in [-0.3, -0.25) is 19.3 Å². The fraction of sp³-hybridized carbons (Fsp3) is 0.327. The second-order valence-corrected chi connectivity index (χ2v) is 36.2. The summed E-state index contributed by atoms with van der Waals surface area (Å²) in [7, 11) is 1.79. The number of hydrogen-bond donors (Lipinski definition) is 6. The quantitative estimate of drug-likeness (QED) is 0.0465. The maximum atomic E-state index is 12.6. The van der Waals surface area contributed by atoms with E-state index in [1.54, 1.807) is 126 Å². The Hall–Kier alpha value is -13.9. The van der Waals surface area contributed by atoms with Gasteiger partial charge in [0.2, 0.25) is 0 Å². The van der Waals surface area contributed by atoms with E-state index in [2.05, 4.69) is 202 Å². The van der Waals surface area contributed by atoms with Gasteiger partial charge in [0.15, 0.2) is 0 Å². The van der Waals surface area contributed by atoms with E-state index in [1.165, 1.54) is 69.4 Å². The van der Waals surface area contributed by atoms with E-state index in [1.807, 2.05) is 69.8 Å². The van der Waals surface area contributed by atoms with Crippen LogP contribution in [0.3, 0.4) is 0 Å². The molecule has 4 aliphatic heterocycles. The van der Waals surface area contributed by atoms with Crippen LogP contribution in [0.4, 0.5) is 39.7 Å². The van der Waals surface area contributed by atoms with Crippen molar-refractivity contribution in [2.45, 2.75) is 147 Å². The van der Waals surface area contributed by atoms with Crippen molar-refractivity contribution in [2.24, 2.45) is 13.0 Å². The lowest BCUT2D eigenvalue weighted by Gasteiger charge is -2.30. The number of nitrogens with zero attached hydrogens (tertiary/aromatic N) is 20. The van der Waals surface area contributed by atoms with Crippen LogP contribution in [0.2, 0.25) is 0 Å². The monoisotopic (exact) mass is 1790 g/mol. The van der Waals surface area contributed by atoms with Crippen LogP contribution >= 0.6 is 34.0 Å². The summed E-state index contributed by atoms with van der Waals surface area (Å²) in [6.07, 6.45) is 29.5. The second-order valence-electron chi connectivity index (χ2n) is 33.5. The molecule has 11 aromatic heterocycles. The lowest BCUT2D eigenvalue weighted by atomic mass is 10.00. The topological polar surface area (TPSA) is 346 Å². The van der Waals surface area contributed by atoms with E-state index in [-0.39, 0.29) is 42.0 Å². The number of likely N-dealkylation sites (tertiary alicyclic amines) is 2. The molecule has 4 aliphatic carbocycles. The molecule has 29 nitrogen and oxygen atoms in total.